The molecule has 3 aromatic rings. The molecular formula is C13H12N4O. The van der Waals surface area contributed by atoms with Crippen molar-refractivity contribution in [3.63, 3.8) is 0 Å². The molecule has 5 heteroatoms. The van der Waals surface area contributed by atoms with Gasteiger partial charge in [-0.15, -0.1) is 0 Å². The summed E-state index contributed by atoms with van der Waals surface area (Å²) >= 11 is 0. The van der Waals surface area contributed by atoms with Crippen LogP contribution in [0.25, 0.3) is 10.9 Å². The number of amides is 1. The number of fused-ring (bicyclic) bond motifs is 1. The third kappa shape index (κ3) is 1.66. The van der Waals surface area contributed by atoms with E-state index in [1.807, 2.05) is 31.3 Å². The summed E-state index contributed by atoms with van der Waals surface area (Å²) in [7, 11) is 0. The molecule has 0 atom stereocenters. The number of aromatic nitrogens is 3. The van der Waals surface area contributed by atoms with Crippen LogP contribution in [0.3, 0.4) is 0 Å². The monoisotopic (exact) mass is 240 g/mol. The summed E-state index contributed by atoms with van der Waals surface area (Å²) in [6, 6.07) is 7.50. The summed E-state index contributed by atoms with van der Waals surface area (Å²) in [5.41, 5.74) is 3.14. The molecule has 90 valence electrons. The lowest BCUT2D eigenvalue weighted by molar-refractivity contribution is 0.102. The van der Waals surface area contributed by atoms with Crippen LogP contribution in [0.1, 0.15) is 16.1 Å². The fourth-order valence-electron chi connectivity index (χ4n) is 1.95. The molecule has 0 aliphatic rings. The van der Waals surface area contributed by atoms with Crippen LogP contribution in [-0.2, 0) is 0 Å². The summed E-state index contributed by atoms with van der Waals surface area (Å²) in [4.78, 5) is 15.3. The molecule has 0 saturated heterocycles. The van der Waals surface area contributed by atoms with Gasteiger partial charge in [0.05, 0.1) is 17.6 Å². The van der Waals surface area contributed by atoms with Gasteiger partial charge in [-0.05, 0) is 25.1 Å². The Hall–Kier alpha value is -2.56. The first-order valence-corrected chi connectivity index (χ1v) is 5.63. The minimum absolute atomic E-state index is 0.135. The van der Waals surface area contributed by atoms with E-state index in [1.54, 1.807) is 12.3 Å². The zero-order chi connectivity index (χ0) is 12.5. The van der Waals surface area contributed by atoms with Gasteiger partial charge in [-0.25, -0.2) is 0 Å². The van der Waals surface area contributed by atoms with Crippen molar-refractivity contribution in [2.24, 2.45) is 0 Å². The number of nitrogens with zero attached hydrogens (tertiary/aromatic N) is 1. The van der Waals surface area contributed by atoms with Crippen LogP contribution in [0.5, 0.6) is 0 Å². The summed E-state index contributed by atoms with van der Waals surface area (Å²) < 4.78 is 0. The van der Waals surface area contributed by atoms with Gasteiger partial charge < -0.3 is 10.3 Å². The molecule has 3 rings (SSSR count). The van der Waals surface area contributed by atoms with Crippen molar-refractivity contribution in [1.82, 2.24) is 15.2 Å². The second kappa shape index (κ2) is 4.03. The van der Waals surface area contributed by atoms with Crippen LogP contribution in [-0.4, -0.2) is 21.1 Å². The zero-order valence-corrected chi connectivity index (χ0v) is 9.82. The summed E-state index contributed by atoms with van der Waals surface area (Å²) in [5, 5.41) is 10.4. The van der Waals surface area contributed by atoms with Crippen molar-refractivity contribution in [1.29, 1.82) is 0 Å². The number of nitrogens with one attached hydrogen (secondary N) is 3. The number of rotatable bonds is 2. The minimum atomic E-state index is -0.135. The fraction of sp³-hybridized carbons (Fsp3) is 0.0769. The van der Waals surface area contributed by atoms with Crippen LogP contribution in [0.4, 0.5) is 5.69 Å². The Morgan fingerprint density at radius 2 is 2.22 bits per heavy atom. The fourth-order valence-corrected chi connectivity index (χ4v) is 1.95. The standard InChI is InChI=1S/C13H12N4O/c1-8-12(7-15-17-8)16-13(18)10-3-2-4-11-9(10)5-6-14-11/h2-7,14H,1H3,(H,15,17)(H,16,18). The van der Waals surface area contributed by atoms with Gasteiger partial charge in [-0.1, -0.05) is 6.07 Å². The SMILES string of the molecule is Cc1[nH]ncc1NC(=O)c1cccc2[nH]ccc12. The Balaban J connectivity index is 1.97. The van der Waals surface area contributed by atoms with Gasteiger partial charge in [0, 0.05) is 22.7 Å². The van der Waals surface area contributed by atoms with E-state index in [4.69, 9.17) is 0 Å². The van der Waals surface area contributed by atoms with Gasteiger partial charge in [0.1, 0.15) is 0 Å². The predicted molar refractivity (Wildman–Crippen MR) is 69.6 cm³/mol. The topological polar surface area (TPSA) is 73.6 Å². The number of hydrogen-bond donors (Lipinski definition) is 3. The molecule has 0 bridgehead atoms. The lowest BCUT2D eigenvalue weighted by Crippen LogP contribution is -2.12. The normalized spacial score (nSPS) is 10.7. The average Bonchev–Trinajstić information content (AvgIpc) is 2.98. The van der Waals surface area contributed by atoms with Crippen LogP contribution < -0.4 is 5.32 Å². The van der Waals surface area contributed by atoms with E-state index in [0.717, 1.165) is 16.6 Å². The van der Waals surface area contributed by atoms with Crippen LogP contribution in [0.2, 0.25) is 0 Å². The van der Waals surface area contributed by atoms with E-state index in [1.165, 1.54) is 0 Å². The Labute approximate surface area is 103 Å². The lowest BCUT2D eigenvalue weighted by atomic mass is 10.1. The van der Waals surface area contributed by atoms with Gasteiger partial charge in [0.25, 0.3) is 5.91 Å². The first kappa shape index (κ1) is 10.6. The predicted octanol–water partition coefficient (Wildman–Crippen LogP) is 2.45. The Morgan fingerprint density at radius 3 is 3.00 bits per heavy atom. The molecule has 0 spiro atoms. The van der Waals surface area contributed by atoms with E-state index >= 15 is 0 Å². The molecule has 3 N–H and O–H groups in total. The molecule has 18 heavy (non-hydrogen) atoms. The molecule has 2 aromatic heterocycles. The average molecular weight is 240 g/mol. The van der Waals surface area contributed by atoms with Crippen molar-refractivity contribution in [2.45, 2.75) is 6.92 Å². The second-order valence-electron chi connectivity index (χ2n) is 4.11. The van der Waals surface area contributed by atoms with Crippen molar-refractivity contribution in [3.05, 3.63) is 47.9 Å². The van der Waals surface area contributed by atoms with Gasteiger partial charge >= 0.3 is 0 Å². The number of carbonyl (C=O) groups excluding carboxylic acids is 1. The number of benzene rings is 1. The molecule has 0 fully saturated rings. The molecule has 1 aromatic carbocycles. The summed E-state index contributed by atoms with van der Waals surface area (Å²) in [6.45, 7) is 1.86. The van der Waals surface area contributed by atoms with Crippen molar-refractivity contribution in [2.75, 3.05) is 5.32 Å². The molecule has 0 unspecified atom stereocenters. The number of aromatic amines is 2. The Bertz CT molecular complexity index is 710. The highest BCUT2D eigenvalue weighted by atomic mass is 16.1. The highest BCUT2D eigenvalue weighted by molar-refractivity contribution is 6.12. The number of hydrogen-bond acceptors (Lipinski definition) is 2. The molecule has 2 heterocycles. The highest BCUT2D eigenvalue weighted by Crippen LogP contribution is 2.19. The Morgan fingerprint density at radius 1 is 1.33 bits per heavy atom. The smallest absolute Gasteiger partial charge is 0.256 e. The van der Waals surface area contributed by atoms with Crippen LogP contribution >= 0.6 is 0 Å². The zero-order valence-electron chi connectivity index (χ0n) is 9.82. The molecule has 0 radical (unpaired) electrons. The minimum Gasteiger partial charge on any atom is -0.361 e. The maximum absolute atomic E-state index is 12.2. The van der Waals surface area contributed by atoms with Crippen LogP contribution in [0.15, 0.2) is 36.7 Å². The number of aryl methyl sites for hydroxylation is 1. The number of carbonyl (C=O) groups is 1. The summed E-state index contributed by atoms with van der Waals surface area (Å²) in [5.74, 6) is -0.135. The first-order valence-electron chi connectivity index (χ1n) is 5.63. The van der Waals surface area contributed by atoms with E-state index in [-0.39, 0.29) is 5.91 Å². The van der Waals surface area contributed by atoms with E-state index in [0.29, 0.717) is 11.3 Å². The van der Waals surface area contributed by atoms with Gasteiger partial charge in [-0.2, -0.15) is 5.10 Å². The van der Waals surface area contributed by atoms with E-state index in [9.17, 15) is 4.79 Å². The maximum atomic E-state index is 12.2. The van der Waals surface area contributed by atoms with Gasteiger partial charge in [-0.3, -0.25) is 9.89 Å². The second-order valence-corrected chi connectivity index (χ2v) is 4.11. The van der Waals surface area contributed by atoms with Gasteiger partial charge in [0.2, 0.25) is 0 Å². The molecule has 0 aliphatic heterocycles. The molecule has 0 saturated carbocycles. The van der Waals surface area contributed by atoms with E-state index < -0.39 is 0 Å². The molecule has 5 nitrogen and oxygen atoms in total. The summed E-state index contributed by atoms with van der Waals surface area (Å²) in [6.07, 6.45) is 3.43. The van der Waals surface area contributed by atoms with Crippen molar-refractivity contribution in [3.8, 4) is 0 Å². The quantitative estimate of drug-likeness (QED) is 0.643. The molecule has 1 amide bonds. The molecule has 0 aliphatic carbocycles. The van der Waals surface area contributed by atoms with Crippen molar-refractivity contribution >= 4 is 22.5 Å². The third-order valence-electron chi connectivity index (χ3n) is 2.92. The third-order valence-corrected chi connectivity index (χ3v) is 2.92. The number of anilines is 1. The van der Waals surface area contributed by atoms with Crippen LogP contribution in [0, 0.1) is 6.92 Å². The first-order chi connectivity index (χ1) is 8.75. The van der Waals surface area contributed by atoms with Crippen molar-refractivity contribution < 1.29 is 4.79 Å². The molecular weight excluding hydrogens is 228 g/mol. The number of H-pyrrole nitrogens is 2. The largest absolute Gasteiger partial charge is 0.361 e. The highest BCUT2D eigenvalue weighted by Gasteiger charge is 2.12. The lowest BCUT2D eigenvalue weighted by Gasteiger charge is -2.05. The Kier molecular flexibility index (Phi) is 2.37. The van der Waals surface area contributed by atoms with E-state index in [2.05, 4.69) is 20.5 Å². The maximum Gasteiger partial charge on any atom is 0.256 e. The van der Waals surface area contributed by atoms with Gasteiger partial charge in [0.15, 0.2) is 0 Å².